The molecule has 0 aliphatic heterocycles. The van der Waals surface area contributed by atoms with Crippen molar-refractivity contribution in [2.45, 2.75) is 27.1 Å². The fourth-order valence-electron chi connectivity index (χ4n) is 4.66. The molecule has 0 N–H and O–H groups in total. The lowest BCUT2D eigenvalue weighted by molar-refractivity contribution is 0.411. The van der Waals surface area contributed by atoms with Gasteiger partial charge in [-0.25, -0.2) is 0 Å². The molecule has 0 fully saturated rings. The molecule has 166 valence electrons. The normalized spacial score (nSPS) is 13.4. The molecule has 0 bridgehead atoms. The summed E-state index contributed by atoms with van der Waals surface area (Å²) in [5, 5.41) is 4.44. The Kier molecular flexibility index (Phi) is 4.27. The summed E-state index contributed by atoms with van der Waals surface area (Å²) in [5.41, 5.74) is 5.78. The first-order chi connectivity index (χ1) is 17.2. The third kappa shape index (κ3) is 3.66. The van der Waals surface area contributed by atoms with Crippen LogP contribution in [0, 0.1) is 5.41 Å². The molecule has 0 saturated carbocycles. The summed E-state index contributed by atoms with van der Waals surface area (Å²) in [7, 11) is 0. The molecule has 0 spiro atoms. The molecule has 0 aliphatic carbocycles. The zero-order chi connectivity index (χ0) is 25.1. The number of para-hydroxylation sites is 1. The minimum absolute atomic E-state index is 0.491. The van der Waals surface area contributed by atoms with Gasteiger partial charge >= 0.3 is 0 Å². The Balaban J connectivity index is 1.45. The molecule has 2 aromatic heterocycles. The van der Waals surface area contributed by atoms with Gasteiger partial charge in [-0.15, -0.1) is 0 Å². The molecular formula is C32H27NO. The van der Waals surface area contributed by atoms with Crippen LogP contribution in [-0.2, 0) is 6.37 Å². The second-order valence-electron chi connectivity index (χ2n) is 9.83. The number of rotatable bonds is 3. The Labute approximate surface area is 202 Å². The highest BCUT2D eigenvalue weighted by Gasteiger charge is 2.15. The Bertz CT molecular complexity index is 1740. The number of hydrogen-bond acceptors (Lipinski definition) is 2. The zero-order valence-electron chi connectivity index (χ0n) is 21.6. The second kappa shape index (κ2) is 7.85. The first-order valence-electron chi connectivity index (χ1n) is 12.6. The fourth-order valence-corrected chi connectivity index (χ4v) is 4.66. The second-order valence-corrected chi connectivity index (χ2v) is 9.83. The van der Waals surface area contributed by atoms with Crippen LogP contribution < -0.4 is 0 Å². The van der Waals surface area contributed by atoms with Crippen LogP contribution in [0.15, 0.2) is 102 Å². The van der Waals surface area contributed by atoms with Crippen LogP contribution in [0.4, 0.5) is 0 Å². The zero-order valence-corrected chi connectivity index (χ0v) is 19.6. The summed E-state index contributed by atoms with van der Waals surface area (Å²) in [6, 6.07) is 30.6. The minimum Gasteiger partial charge on any atom is -0.455 e. The van der Waals surface area contributed by atoms with Crippen molar-refractivity contribution in [1.82, 2.24) is 4.98 Å². The predicted molar refractivity (Wildman–Crippen MR) is 143 cm³/mol. The van der Waals surface area contributed by atoms with Gasteiger partial charge in [-0.05, 0) is 58.1 Å². The van der Waals surface area contributed by atoms with Crippen LogP contribution in [-0.4, -0.2) is 4.98 Å². The molecule has 0 saturated heterocycles. The van der Waals surface area contributed by atoms with Crippen LogP contribution in [0.1, 0.15) is 29.1 Å². The van der Waals surface area contributed by atoms with Crippen LogP contribution in [0.5, 0.6) is 0 Å². The van der Waals surface area contributed by atoms with Gasteiger partial charge in [-0.3, -0.25) is 4.98 Å². The first-order valence-corrected chi connectivity index (χ1v) is 11.6. The summed E-state index contributed by atoms with van der Waals surface area (Å²) in [6.45, 7) is 5.78. The van der Waals surface area contributed by atoms with Crippen LogP contribution in [0.2, 0.25) is 0 Å². The Morgan fingerprint density at radius 2 is 1.50 bits per heavy atom. The summed E-state index contributed by atoms with van der Waals surface area (Å²) in [4.78, 5) is 4.69. The maximum Gasteiger partial charge on any atom is 0.144 e. The minimum atomic E-state index is -1.42. The number of nitrogens with zero attached hydrogens (tertiary/aromatic N) is 1. The first kappa shape index (κ1) is 18.5. The van der Waals surface area contributed by atoms with Crippen molar-refractivity contribution < 1.29 is 7.16 Å². The molecule has 2 nitrogen and oxygen atoms in total. The van der Waals surface area contributed by atoms with Crippen molar-refractivity contribution in [3.63, 3.8) is 0 Å². The molecular weight excluding hydrogens is 414 g/mol. The number of pyridine rings is 1. The highest BCUT2D eigenvalue weighted by atomic mass is 16.3. The van der Waals surface area contributed by atoms with Crippen molar-refractivity contribution in [2.24, 2.45) is 5.41 Å². The molecule has 2 heteroatoms. The van der Waals surface area contributed by atoms with E-state index in [0.29, 0.717) is 5.56 Å². The molecule has 0 radical (unpaired) electrons. The van der Waals surface area contributed by atoms with E-state index in [2.05, 4.69) is 53.5 Å². The van der Waals surface area contributed by atoms with Gasteiger partial charge in [-0.2, -0.15) is 0 Å². The monoisotopic (exact) mass is 443 g/mol. The van der Waals surface area contributed by atoms with E-state index >= 15 is 0 Å². The standard InChI is InChI=1S/C32H27NO/c1-32(2,3)20-21-11-13-22(14-12-21)24-17-18-33-29(19-24)28-10-6-9-26-27-16-15-23-7-4-5-8-25(23)30(27)34-31(26)28/h4-19H,20H2,1-3H3/i20D2. The number of fused-ring (bicyclic) bond motifs is 5. The van der Waals surface area contributed by atoms with Crippen molar-refractivity contribution in [2.75, 3.05) is 0 Å². The SMILES string of the molecule is [2H]C([2H])(c1ccc(-c2ccnc(-c3cccc4c3oc3c5ccccc5ccc43)c2)cc1)C(C)(C)C. The Hall–Kier alpha value is -3.91. The van der Waals surface area contributed by atoms with E-state index < -0.39 is 11.8 Å². The molecule has 0 aliphatic rings. The summed E-state index contributed by atoms with van der Waals surface area (Å²) in [5.74, 6) is 0. The van der Waals surface area contributed by atoms with Gasteiger partial charge in [0.05, 0.1) is 5.69 Å². The third-order valence-corrected chi connectivity index (χ3v) is 6.16. The fraction of sp³-hybridized carbons (Fsp3) is 0.156. The molecule has 4 aromatic carbocycles. The van der Waals surface area contributed by atoms with Crippen molar-refractivity contribution in [1.29, 1.82) is 0 Å². The summed E-state index contributed by atoms with van der Waals surface area (Å²) >= 11 is 0. The molecule has 34 heavy (non-hydrogen) atoms. The van der Waals surface area contributed by atoms with Crippen molar-refractivity contribution in [3.05, 3.63) is 103 Å². The van der Waals surface area contributed by atoms with Gasteiger partial charge in [0.25, 0.3) is 0 Å². The van der Waals surface area contributed by atoms with Crippen LogP contribution in [0.25, 0.3) is 55.1 Å². The molecule has 2 heterocycles. The smallest absolute Gasteiger partial charge is 0.144 e. The number of furan rings is 1. The molecule has 0 amide bonds. The topological polar surface area (TPSA) is 26.0 Å². The summed E-state index contributed by atoms with van der Waals surface area (Å²) < 4.78 is 23.6. The Morgan fingerprint density at radius 3 is 2.32 bits per heavy atom. The van der Waals surface area contributed by atoms with Crippen molar-refractivity contribution >= 4 is 32.7 Å². The quantitative estimate of drug-likeness (QED) is 0.273. The van der Waals surface area contributed by atoms with E-state index in [1.54, 1.807) is 0 Å². The maximum atomic E-state index is 8.56. The molecule has 0 atom stereocenters. The van der Waals surface area contributed by atoms with E-state index in [-0.39, 0.29) is 0 Å². The number of hydrogen-bond donors (Lipinski definition) is 0. The van der Waals surface area contributed by atoms with Crippen LogP contribution in [0.3, 0.4) is 0 Å². The van der Waals surface area contributed by atoms with Crippen molar-refractivity contribution in [3.8, 4) is 22.4 Å². The molecule has 6 rings (SSSR count). The van der Waals surface area contributed by atoms with E-state index in [0.717, 1.165) is 55.1 Å². The van der Waals surface area contributed by atoms with Gasteiger partial charge in [0.1, 0.15) is 11.2 Å². The van der Waals surface area contributed by atoms with Gasteiger partial charge in [-0.1, -0.05) is 87.5 Å². The predicted octanol–water partition coefficient (Wildman–Crippen LogP) is 9.06. The van der Waals surface area contributed by atoms with E-state index in [1.807, 2.05) is 69.4 Å². The van der Waals surface area contributed by atoms with Gasteiger partial charge in [0, 0.05) is 30.7 Å². The van der Waals surface area contributed by atoms with Crippen LogP contribution >= 0.6 is 0 Å². The highest BCUT2D eigenvalue weighted by molar-refractivity contribution is 6.17. The lowest BCUT2D eigenvalue weighted by Gasteiger charge is -2.18. The highest BCUT2D eigenvalue weighted by Crippen LogP contribution is 2.38. The number of benzene rings is 4. The molecule has 0 unspecified atom stereocenters. The van der Waals surface area contributed by atoms with Gasteiger partial charge < -0.3 is 4.42 Å². The number of aromatic nitrogens is 1. The average molecular weight is 444 g/mol. The largest absolute Gasteiger partial charge is 0.455 e. The van der Waals surface area contributed by atoms with E-state index in [4.69, 9.17) is 7.16 Å². The lowest BCUT2D eigenvalue weighted by atomic mass is 9.87. The third-order valence-electron chi connectivity index (χ3n) is 6.16. The summed E-state index contributed by atoms with van der Waals surface area (Å²) in [6.07, 6.45) is 0.403. The lowest BCUT2D eigenvalue weighted by Crippen LogP contribution is -2.08. The van der Waals surface area contributed by atoms with Gasteiger partial charge in [0.15, 0.2) is 0 Å². The average Bonchev–Trinajstić information content (AvgIpc) is 3.28. The van der Waals surface area contributed by atoms with E-state index in [1.165, 1.54) is 0 Å². The van der Waals surface area contributed by atoms with Gasteiger partial charge in [0.2, 0.25) is 0 Å². The molecule has 6 aromatic rings. The maximum absolute atomic E-state index is 8.56. The van der Waals surface area contributed by atoms with E-state index in [9.17, 15) is 0 Å². The Morgan fingerprint density at radius 1 is 0.735 bits per heavy atom.